The maximum absolute atomic E-state index is 12.9. The van der Waals surface area contributed by atoms with Crippen molar-refractivity contribution in [1.29, 1.82) is 0 Å². The van der Waals surface area contributed by atoms with Crippen LogP contribution in [0.5, 0.6) is 0 Å². The van der Waals surface area contributed by atoms with E-state index in [9.17, 15) is 14.7 Å². The second kappa shape index (κ2) is 11.2. The zero-order valence-corrected chi connectivity index (χ0v) is 21.0. The Morgan fingerprint density at radius 3 is 2.77 bits per heavy atom. The number of oxazole rings is 1. The van der Waals surface area contributed by atoms with Crippen molar-refractivity contribution in [3.8, 4) is 11.5 Å². The smallest absolute Gasteiger partial charge is 0.354 e. The Labute approximate surface area is 222 Å². The number of carbonyl (C=O) groups is 2. The van der Waals surface area contributed by atoms with Gasteiger partial charge in [-0.2, -0.15) is 5.10 Å². The number of aryl methyl sites for hydroxylation is 1. The second-order valence-electron chi connectivity index (χ2n) is 8.86. The standard InChI is InChI=1S/C27H26N8O4/c1-15-31-25(35-34-15)24(30-10-8-28)17-4-2-3-16(11-17)12-23(36)32-19-5-6-22-20(14-19)33-26(39-22)18-7-9-29-21(13-18)27(37)38/h2-7,9,11,13-14,24,30H,8,10,12,28H2,1H3,(H,32,36)(H,37,38)(H,31,34,35). The molecule has 12 heteroatoms. The number of benzene rings is 2. The molecule has 0 spiro atoms. The third-order valence-corrected chi connectivity index (χ3v) is 5.91. The van der Waals surface area contributed by atoms with Crippen LogP contribution in [0.15, 0.2) is 65.2 Å². The lowest BCUT2D eigenvalue weighted by atomic mass is 10.0. The van der Waals surface area contributed by atoms with Gasteiger partial charge in [-0.3, -0.25) is 9.89 Å². The SMILES string of the molecule is Cc1nc(C(NCCN)c2cccc(CC(=O)Nc3ccc4oc(-c5ccnc(C(=O)O)c5)nc4c3)c2)n[nH]1. The second-order valence-corrected chi connectivity index (χ2v) is 8.86. The van der Waals surface area contributed by atoms with E-state index >= 15 is 0 Å². The van der Waals surface area contributed by atoms with Crippen LogP contribution in [0.3, 0.4) is 0 Å². The number of rotatable bonds is 10. The highest BCUT2D eigenvalue weighted by Gasteiger charge is 2.19. The number of hydrogen-bond donors (Lipinski definition) is 5. The summed E-state index contributed by atoms with van der Waals surface area (Å²) in [6, 6.07) is 15.6. The summed E-state index contributed by atoms with van der Waals surface area (Å²) in [6.07, 6.45) is 1.54. The molecular formula is C27H26N8O4. The molecule has 0 radical (unpaired) electrons. The van der Waals surface area contributed by atoms with Crippen LogP contribution in [0, 0.1) is 6.92 Å². The lowest BCUT2D eigenvalue weighted by Gasteiger charge is -2.17. The van der Waals surface area contributed by atoms with E-state index in [0.29, 0.717) is 47.1 Å². The molecule has 0 saturated carbocycles. The molecule has 0 aliphatic heterocycles. The average Bonchev–Trinajstić information content (AvgIpc) is 3.55. The van der Waals surface area contributed by atoms with E-state index in [0.717, 1.165) is 11.1 Å². The molecule has 5 rings (SSSR count). The van der Waals surface area contributed by atoms with Crippen molar-refractivity contribution < 1.29 is 19.1 Å². The van der Waals surface area contributed by atoms with Gasteiger partial charge in [0.25, 0.3) is 0 Å². The number of pyridine rings is 1. The van der Waals surface area contributed by atoms with Crippen molar-refractivity contribution in [1.82, 2.24) is 30.5 Å². The van der Waals surface area contributed by atoms with Crippen LogP contribution >= 0.6 is 0 Å². The van der Waals surface area contributed by atoms with E-state index in [1.165, 1.54) is 12.3 Å². The Hall–Kier alpha value is -4.94. The van der Waals surface area contributed by atoms with Crippen LogP contribution in [-0.4, -0.2) is 55.2 Å². The van der Waals surface area contributed by atoms with Gasteiger partial charge in [-0.05, 0) is 48.4 Å². The number of hydrogen-bond acceptors (Lipinski definition) is 9. The zero-order chi connectivity index (χ0) is 27.4. The molecule has 0 fully saturated rings. The number of carboxylic acids is 1. The van der Waals surface area contributed by atoms with Gasteiger partial charge < -0.3 is 25.9 Å². The first-order valence-electron chi connectivity index (χ1n) is 12.2. The molecule has 3 aromatic heterocycles. The molecule has 1 amide bonds. The van der Waals surface area contributed by atoms with Crippen LogP contribution in [-0.2, 0) is 11.2 Å². The predicted octanol–water partition coefficient (Wildman–Crippen LogP) is 2.83. The van der Waals surface area contributed by atoms with Gasteiger partial charge >= 0.3 is 5.97 Å². The topological polar surface area (TPSA) is 185 Å². The fourth-order valence-electron chi connectivity index (χ4n) is 4.16. The molecule has 1 atom stereocenters. The number of aromatic carboxylic acids is 1. The molecular weight excluding hydrogens is 500 g/mol. The Morgan fingerprint density at radius 2 is 2.00 bits per heavy atom. The Bertz CT molecular complexity index is 1640. The number of aromatic amines is 1. The van der Waals surface area contributed by atoms with Gasteiger partial charge in [-0.25, -0.2) is 19.7 Å². The number of anilines is 1. The molecule has 0 bridgehead atoms. The lowest BCUT2D eigenvalue weighted by Crippen LogP contribution is -2.29. The van der Waals surface area contributed by atoms with Crippen LogP contribution in [0.4, 0.5) is 5.69 Å². The number of fused-ring (bicyclic) bond motifs is 1. The number of aromatic nitrogens is 5. The Balaban J connectivity index is 1.30. The van der Waals surface area contributed by atoms with E-state index in [1.54, 1.807) is 24.3 Å². The summed E-state index contributed by atoms with van der Waals surface area (Å²) < 4.78 is 5.78. The third-order valence-electron chi connectivity index (χ3n) is 5.91. The van der Waals surface area contributed by atoms with Crippen LogP contribution < -0.4 is 16.4 Å². The van der Waals surface area contributed by atoms with Gasteiger partial charge in [0.1, 0.15) is 17.0 Å². The summed E-state index contributed by atoms with van der Waals surface area (Å²) in [4.78, 5) is 36.8. The first-order valence-corrected chi connectivity index (χ1v) is 12.2. The minimum absolute atomic E-state index is 0.107. The minimum atomic E-state index is -1.14. The fourth-order valence-corrected chi connectivity index (χ4v) is 4.16. The Morgan fingerprint density at radius 1 is 1.13 bits per heavy atom. The van der Waals surface area contributed by atoms with Crippen LogP contribution in [0.25, 0.3) is 22.6 Å². The van der Waals surface area contributed by atoms with Gasteiger partial charge in [0, 0.05) is 30.5 Å². The number of nitrogens with two attached hydrogens (primary N) is 1. The first-order chi connectivity index (χ1) is 18.9. The van der Waals surface area contributed by atoms with Crippen molar-refractivity contribution in [2.75, 3.05) is 18.4 Å². The third kappa shape index (κ3) is 5.98. The van der Waals surface area contributed by atoms with E-state index in [1.807, 2.05) is 31.2 Å². The zero-order valence-electron chi connectivity index (χ0n) is 21.0. The van der Waals surface area contributed by atoms with Crippen molar-refractivity contribution >= 4 is 28.7 Å². The highest BCUT2D eigenvalue weighted by Crippen LogP contribution is 2.27. The number of carbonyl (C=O) groups excluding carboxylic acids is 1. The van der Waals surface area contributed by atoms with E-state index in [2.05, 4.69) is 35.8 Å². The van der Waals surface area contributed by atoms with Gasteiger partial charge in [0.15, 0.2) is 11.4 Å². The summed E-state index contributed by atoms with van der Waals surface area (Å²) >= 11 is 0. The minimum Gasteiger partial charge on any atom is -0.477 e. The molecule has 12 nitrogen and oxygen atoms in total. The van der Waals surface area contributed by atoms with Gasteiger partial charge in [-0.1, -0.05) is 24.3 Å². The van der Waals surface area contributed by atoms with Crippen molar-refractivity contribution in [2.45, 2.75) is 19.4 Å². The number of nitrogens with zero attached hydrogens (tertiary/aromatic N) is 4. The van der Waals surface area contributed by atoms with Crippen LogP contribution in [0.1, 0.15) is 39.3 Å². The normalized spacial score (nSPS) is 11.9. The van der Waals surface area contributed by atoms with Gasteiger partial charge in [0.05, 0.1) is 12.5 Å². The molecule has 39 heavy (non-hydrogen) atoms. The largest absolute Gasteiger partial charge is 0.477 e. The van der Waals surface area contributed by atoms with Crippen molar-refractivity contribution in [3.05, 3.63) is 89.3 Å². The summed E-state index contributed by atoms with van der Waals surface area (Å²) in [5.41, 5.74) is 9.41. The highest BCUT2D eigenvalue weighted by atomic mass is 16.4. The first kappa shape index (κ1) is 25.7. The summed E-state index contributed by atoms with van der Waals surface area (Å²) in [5, 5.41) is 22.6. The molecule has 5 aromatic rings. The summed E-state index contributed by atoms with van der Waals surface area (Å²) in [5.74, 6) is 0.236. The molecule has 198 valence electrons. The van der Waals surface area contributed by atoms with E-state index < -0.39 is 5.97 Å². The van der Waals surface area contributed by atoms with E-state index in [4.69, 9.17) is 10.2 Å². The number of carboxylic acid groups (broad SMARTS) is 1. The van der Waals surface area contributed by atoms with Crippen molar-refractivity contribution in [3.63, 3.8) is 0 Å². The van der Waals surface area contributed by atoms with Gasteiger partial charge in [0.2, 0.25) is 11.8 Å². The number of H-pyrrole nitrogens is 1. The number of nitrogens with one attached hydrogen (secondary N) is 3. The van der Waals surface area contributed by atoms with Crippen LogP contribution in [0.2, 0.25) is 0 Å². The molecule has 1 unspecified atom stereocenters. The highest BCUT2D eigenvalue weighted by molar-refractivity contribution is 5.94. The molecule has 0 aliphatic carbocycles. The maximum atomic E-state index is 12.9. The van der Waals surface area contributed by atoms with Crippen molar-refractivity contribution in [2.24, 2.45) is 5.73 Å². The Kier molecular flexibility index (Phi) is 7.39. The predicted molar refractivity (Wildman–Crippen MR) is 143 cm³/mol. The van der Waals surface area contributed by atoms with Gasteiger partial charge in [-0.15, -0.1) is 0 Å². The molecule has 2 aromatic carbocycles. The molecule has 6 N–H and O–H groups in total. The lowest BCUT2D eigenvalue weighted by molar-refractivity contribution is -0.115. The maximum Gasteiger partial charge on any atom is 0.354 e. The summed E-state index contributed by atoms with van der Waals surface area (Å²) in [6.45, 7) is 2.88. The number of amides is 1. The molecule has 0 saturated heterocycles. The summed E-state index contributed by atoms with van der Waals surface area (Å²) in [7, 11) is 0. The monoisotopic (exact) mass is 526 g/mol. The van der Waals surface area contributed by atoms with E-state index in [-0.39, 0.29) is 30.0 Å². The average molecular weight is 527 g/mol. The fraction of sp³-hybridized carbons (Fsp3) is 0.185. The molecule has 0 aliphatic rings. The quantitative estimate of drug-likeness (QED) is 0.181. The molecule has 3 heterocycles.